The molecule has 1 aliphatic rings. The molecule has 2 heterocycles. The van der Waals surface area contributed by atoms with Crippen molar-refractivity contribution in [3.8, 4) is 0 Å². The van der Waals surface area contributed by atoms with E-state index in [0.29, 0.717) is 12.5 Å². The van der Waals surface area contributed by atoms with Gasteiger partial charge in [0.1, 0.15) is 0 Å². The van der Waals surface area contributed by atoms with E-state index in [4.69, 9.17) is 0 Å². The van der Waals surface area contributed by atoms with Gasteiger partial charge in [-0.25, -0.2) is 14.4 Å². The molecule has 1 aliphatic heterocycles. The highest BCUT2D eigenvalue weighted by Crippen LogP contribution is 2.29. The van der Waals surface area contributed by atoms with Crippen molar-refractivity contribution in [1.82, 2.24) is 14.9 Å². The van der Waals surface area contributed by atoms with Gasteiger partial charge in [0.2, 0.25) is 11.6 Å². The zero-order valence-corrected chi connectivity index (χ0v) is 10.9. The molecule has 1 aromatic rings. The highest BCUT2D eigenvalue weighted by Gasteiger charge is 2.46. The minimum Gasteiger partial charge on any atom is -0.346 e. The van der Waals surface area contributed by atoms with Crippen LogP contribution < -0.4 is 4.90 Å². The molecule has 98 valence electrons. The topological polar surface area (TPSA) is 49.3 Å². The third-order valence-electron chi connectivity index (χ3n) is 3.07. The second kappa shape index (κ2) is 4.51. The van der Waals surface area contributed by atoms with Crippen LogP contribution in [-0.2, 0) is 4.79 Å². The predicted octanol–water partition coefficient (Wildman–Crippen LogP) is 0.792. The van der Waals surface area contributed by atoms with Gasteiger partial charge in [-0.05, 0) is 13.0 Å². The van der Waals surface area contributed by atoms with E-state index >= 15 is 0 Å². The molecule has 1 unspecified atom stereocenters. The maximum atomic E-state index is 14.5. The highest BCUT2D eigenvalue weighted by atomic mass is 19.1. The van der Waals surface area contributed by atoms with Crippen LogP contribution in [0.5, 0.6) is 0 Å². The van der Waals surface area contributed by atoms with E-state index in [1.165, 1.54) is 4.90 Å². The van der Waals surface area contributed by atoms with E-state index in [-0.39, 0.29) is 13.0 Å². The molecule has 0 radical (unpaired) electrons. The van der Waals surface area contributed by atoms with Crippen LogP contribution in [0.2, 0.25) is 0 Å². The van der Waals surface area contributed by atoms with Gasteiger partial charge in [0.15, 0.2) is 0 Å². The third-order valence-corrected chi connectivity index (χ3v) is 3.07. The first-order valence-electron chi connectivity index (χ1n) is 5.88. The van der Waals surface area contributed by atoms with Crippen LogP contribution in [0.4, 0.5) is 10.3 Å². The summed E-state index contributed by atoms with van der Waals surface area (Å²) >= 11 is 0. The number of nitrogens with zero attached hydrogens (tertiary/aromatic N) is 4. The van der Waals surface area contributed by atoms with Crippen LogP contribution >= 0.6 is 0 Å². The van der Waals surface area contributed by atoms with Gasteiger partial charge in [0.25, 0.3) is 5.91 Å². The molecule has 1 amide bonds. The second-order valence-corrected chi connectivity index (χ2v) is 4.83. The van der Waals surface area contributed by atoms with E-state index in [9.17, 15) is 9.18 Å². The van der Waals surface area contributed by atoms with Gasteiger partial charge in [-0.3, -0.25) is 4.79 Å². The predicted molar refractivity (Wildman–Crippen MR) is 66.1 cm³/mol. The number of rotatable bonds is 2. The van der Waals surface area contributed by atoms with Gasteiger partial charge >= 0.3 is 0 Å². The van der Waals surface area contributed by atoms with Gasteiger partial charge < -0.3 is 9.80 Å². The van der Waals surface area contributed by atoms with Gasteiger partial charge in [-0.1, -0.05) is 0 Å². The first-order chi connectivity index (χ1) is 8.42. The van der Waals surface area contributed by atoms with Crippen molar-refractivity contribution in [3.63, 3.8) is 0 Å². The average Bonchev–Trinajstić information content (AvgIpc) is 2.72. The number of alkyl halides is 1. The molecule has 0 aliphatic carbocycles. The minimum absolute atomic E-state index is 0.0213. The largest absolute Gasteiger partial charge is 0.346 e. The van der Waals surface area contributed by atoms with E-state index in [1.807, 2.05) is 6.92 Å². The van der Waals surface area contributed by atoms with Crippen molar-refractivity contribution in [1.29, 1.82) is 0 Å². The molecule has 6 heteroatoms. The fourth-order valence-electron chi connectivity index (χ4n) is 2.11. The molecule has 1 saturated heterocycles. The maximum absolute atomic E-state index is 14.5. The normalized spacial score (nSPS) is 23.2. The quantitative estimate of drug-likeness (QED) is 0.781. The summed E-state index contributed by atoms with van der Waals surface area (Å²) in [6, 6.07) is 1.78. The Kier molecular flexibility index (Phi) is 3.19. The summed E-state index contributed by atoms with van der Waals surface area (Å²) in [6.07, 6.45) is 1.82. The monoisotopic (exact) mass is 252 g/mol. The number of hydrogen-bond donors (Lipinski definition) is 0. The molecule has 1 fully saturated rings. The Morgan fingerprint density at radius 3 is 2.89 bits per heavy atom. The molecule has 0 N–H and O–H groups in total. The molecule has 0 bridgehead atoms. The number of aryl methyl sites for hydroxylation is 1. The summed E-state index contributed by atoms with van der Waals surface area (Å²) in [6.45, 7) is 2.34. The SMILES string of the molecule is Cc1ccnc(N2CCC(F)(C(=O)N(C)C)C2)n1. The Morgan fingerprint density at radius 2 is 2.28 bits per heavy atom. The van der Waals surface area contributed by atoms with Crippen LogP contribution in [0.15, 0.2) is 12.3 Å². The lowest BCUT2D eigenvalue weighted by atomic mass is 10.0. The molecule has 0 saturated carbocycles. The summed E-state index contributed by atoms with van der Waals surface area (Å²) in [5.74, 6) is -0.00117. The summed E-state index contributed by atoms with van der Waals surface area (Å²) < 4.78 is 14.5. The van der Waals surface area contributed by atoms with Crippen LogP contribution in [0.1, 0.15) is 12.1 Å². The number of anilines is 1. The molecule has 2 rings (SSSR count). The van der Waals surface area contributed by atoms with Crippen LogP contribution in [-0.4, -0.2) is 53.6 Å². The number of hydrogen-bond acceptors (Lipinski definition) is 4. The first kappa shape index (κ1) is 12.7. The fourth-order valence-corrected chi connectivity index (χ4v) is 2.11. The Bertz CT molecular complexity index is 465. The van der Waals surface area contributed by atoms with Crippen LogP contribution in [0.3, 0.4) is 0 Å². The van der Waals surface area contributed by atoms with E-state index < -0.39 is 11.6 Å². The summed E-state index contributed by atoms with van der Waals surface area (Å²) in [4.78, 5) is 23.2. The Labute approximate surface area is 106 Å². The molecule has 0 aromatic carbocycles. The Balaban J connectivity index is 2.15. The summed E-state index contributed by atoms with van der Waals surface area (Å²) in [5.41, 5.74) is -0.994. The van der Waals surface area contributed by atoms with Crippen molar-refractivity contribution in [2.45, 2.75) is 19.0 Å². The number of amides is 1. The molecule has 0 spiro atoms. The number of carbonyl (C=O) groups is 1. The van der Waals surface area contributed by atoms with Gasteiger partial charge in [-0.15, -0.1) is 0 Å². The zero-order valence-electron chi connectivity index (χ0n) is 10.9. The Morgan fingerprint density at radius 1 is 1.56 bits per heavy atom. The molecule has 5 nitrogen and oxygen atoms in total. The van der Waals surface area contributed by atoms with Gasteiger partial charge in [-0.2, -0.15) is 0 Å². The standard InChI is InChI=1S/C12H17FN4O/c1-9-4-6-14-11(15-9)17-7-5-12(13,8-17)10(18)16(2)3/h4,6H,5,7-8H2,1-3H3. The molecular weight excluding hydrogens is 235 g/mol. The number of halogens is 1. The van der Waals surface area contributed by atoms with Crippen molar-refractivity contribution >= 4 is 11.9 Å². The second-order valence-electron chi connectivity index (χ2n) is 4.83. The van der Waals surface area contributed by atoms with E-state index in [0.717, 1.165) is 5.69 Å². The number of aromatic nitrogens is 2. The third kappa shape index (κ3) is 2.27. The van der Waals surface area contributed by atoms with Crippen molar-refractivity contribution in [3.05, 3.63) is 18.0 Å². The fraction of sp³-hybridized carbons (Fsp3) is 0.583. The smallest absolute Gasteiger partial charge is 0.261 e. The lowest BCUT2D eigenvalue weighted by Crippen LogP contribution is -2.44. The minimum atomic E-state index is -1.82. The van der Waals surface area contributed by atoms with Crippen molar-refractivity contribution in [2.24, 2.45) is 0 Å². The number of carbonyl (C=O) groups excluding carboxylic acids is 1. The van der Waals surface area contributed by atoms with Crippen molar-refractivity contribution in [2.75, 3.05) is 32.1 Å². The molecule has 18 heavy (non-hydrogen) atoms. The molecular formula is C12H17FN4O. The molecule has 1 atom stereocenters. The lowest BCUT2D eigenvalue weighted by Gasteiger charge is -2.23. The highest BCUT2D eigenvalue weighted by molar-refractivity contribution is 5.86. The summed E-state index contributed by atoms with van der Waals surface area (Å²) in [5, 5.41) is 0. The zero-order chi connectivity index (χ0) is 13.3. The lowest BCUT2D eigenvalue weighted by molar-refractivity contribution is -0.139. The Hall–Kier alpha value is -1.72. The summed E-state index contributed by atoms with van der Waals surface area (Å²) in [7, 11) is 3.13. The van der Waals surface area contributed by atoms with Crippen LogP contribution in [0.25, 0.3) is 0 Å². The van der Waals surface area contributed by atoms with Gasteiger partial charge in [0.05, 0.1) is 6.54 Å². The molecule has 1 aromatic heterocycles. The average molecular weight is 252 g/mol. The maximum Gasteiger partial charge on any atom is 0.261 e. The van der Waals surface area contributed by atoms with Crippen molar-refractivity contribution < 1.29 is 9.18 Å². The van der Waals surface area contributed by atoms with Gasteiger partial charge in [0, 0.05) is 39.0 Å². The van der Waals surface area contributed by atoms with E-state index in [1.54, 1.807) is 31.3 Å². The van der Waals surface area contributed by atoms with E-state index in [2.05, 4.69) is 9.97 Å². The first-order valence-corrected chi connectivity index (χ1v) is 5.88. The van der Waals surface area contributed by atoms with Crippen LogP contribution in [0, 0.1) is 6.92 Å².